The van der Waals surface area contributed by atoms with Crippen LogP contribution in [0.2, 0.25) is 0 Å². The maximum Gasteiger partial charge on any atom is 0.313 e. The van der Waals surface area contributed by atoms with Crippen molar-refractivity contribution in [1.29, 1.82) is 0 Å². The predicted molar refractivity (Wildman–Crippen MR) is 66.0 cm³/mol. The molecule has 1 unspecified atom stereocenters. The molecule has 0 heterocycles. The van der Waals surface area contributed by atoms with Crippen molar-refractivity contribution in [3.63, 3.8) is 0 Å². The maximum atomic E-state index is 13.6. The van der Waals surface area contributed by atoms with Gasteiger partial charge in [0.1, 0.15) is 0 Å². The maximum absolute atomic E-state index is 13.6. The van der Waals surface area contributed by atoms with E-state index in [4.69, 9.17) is 9.47 Å². The lowest BCUT2D eigenvalue weighted by Gasteiger charge is -2.13. The third kappa shape index (κ3) is 4.04. The van der Waals surface area contributed by atoms with Crippen LogP contribution in [0.1, 0.15) is 0 Å². The number of halogens is 1. The van der Waals surface area contributed by atoms with Gasteiger partial charge in [-0.15, -0.1) is 0 Å². The van der Waals surface area contributed by atoms with Crippen molar-refractivity contribution >= 4 is 11.4 Å². The van der Waals surface area contributed by atoms with E-state index in [0.717, 1.165) is 6.07 Å². The Morgan fingerprint density at radius 2 is 2.21 bits per heavy atom. The number of ether oxygens (including phenoxy) is 2. The Labute approximate surface area is 109 Å². The third-order valence-electron chi connectivity index (χ3n) is 2.35. The van der Waals surface area contributed by atoms with Crippen molar-refractivity contribution in [3.05, 3.63) is 28.1 Å². The first-order chi connectivity index (χ1) is 8.99. The van der Waals surface area contributed by atoms with Gasteiger partial charge < -0.3 is 19.9 Å². The molecule has 1 aromatic rings. The molecule has 0 aliphatic carbocycles. The minimum atomic E-state index is -0.814. The molecule has 0 fully saturated rings. The molecule has 0 amide bonds. The number of nitrogens with zero attached hydrogens (tertiary/aromatic N) is 1. The monoisotopic (exact) mass is 274 g/mol. The van der Waals surface area contributed by atoms with E-state index in [-0.39, 0.29) is 24.6 Å². The smallest absolute Gasteiger partial charge is 0.313 e. The van der Waals surface area contributed by atoms with Crippen molar-refractivity contribution in [2.24, 2.45) is 0 Å². The zero-order valence-electron chi connectivity index (χ0n) is 10.6. The zero-order chi connectivity index (χ0) is 14.4. The van der Waals surface area contributed by atoms with E-state index in [2.05, 4.69) is 5.32 Å². The van der Waals surface area contributed by atoms with E-state index in [9.17, 15) is 19.6 Å². The number of methoxy groups -OCH3 is 2. The van der Waals surface area contributed by atoms with Gasteiger partial charge in [-0.1, -0.05) is 0 Å². The summed E-state index contributed by atoms with van der Waals surface area (Å²) in [6.07, 6.45) is -0.814. The molecule has 8 heteroatoms. The first kappa shape index (κ1) is 15.1. The molecule has 1 aromatic carbocycles. The number of aliphatic hydroxyl groups excluding tert-OH is 1. The van der Waals surface area contributed by atoms with Gasteiger partial charge in [-0.2, -0.15) is 0 Å². The lowest BCUT2D eigenvalue weighted by molar-refractivity contribution is -0.385. The van der Waals surface area contributed by atoms with Gasteiger partial charge >= 0.3 is 5.69 Å². The van der Waals surface area contributed by atoms with Crippen LogP contribution in [0.4, 0.5) is 15.8 Å². The highest BCUT2D eigenvalue weighted by Gasteiger charge is 2.19. The largest absolute Gasteiger partial charge is 0.490 e. The number of aliphatic hydroxyl groups is 1. The van der Waals surface area contributed by atoms with Crippen molar-refractivity contribution in [3.8, 4) is 5.75 Å². The lowest BCUT2D eigenvalue weighted by atomic mass is 10.2. The standard InChI is InChI=1S/C11H15FN2O5/c1-18-6-7(15)5-13-9-4-11(19-2)10(14(16)17)3-8(9)12/h3-4,7,13,15H,5-6H2,1-2H3. The first-order valence-electron chi connectivity index (χ1n) is 5.42. The molecule has 7 nitrogen and oxygen atoms in total. The van der Waals surface area contributed by atoms with Gasteiger partial charge in [0.25, 0.3) is 0 Å². The van der Waals surface area contributed by atoms with Crippen LogP contribution < -0.4 is 10.1 Å². The van der Waals surface area contributed by atoms with Crippen LogP contribution in [-0.4, -0.2) is 43.5 Å². The number of hydrogen-bond acceptors (Lipinski definition) is 6. The summed E-state index contributed by atoms with van der Waals surface area (Å²) in [5.41, 5.74) is -0.444. The highest BCUT2D eigenvalue weighted by atomic mass is 19.1. The summed E-state index contributed by atoms with van der Waals surface area (Å²) in [6.45, 7) is 0.143. The van der Waals surface area contributed by atoms with E-state index >= 15 is 0 Å². The average Bonchev–Trinajstić information content (AvgIpc) is 2.37. The molecule has 0 aromatic heterocycles. The van der Waals surface area contributed by atoms with Crippen LogP contribution in [0.5, 0.6) is 5.75 Å². The SMILES string of the molecule is COCC(O)CNc1cc(OC)c([N+](=O)[O-])cc1F. The van der Waals surface area contributed by atoms with Gasteiger partial charge in [0.2, 0.25) is 0 Å². The van der Waals surface area contributed by atoms with E-state index in [1.165, 1.54) is 20.3 Å². The number of rotatable bonds is 7. The number of nitro groups is 1. The Balaban J connectivity index is 2.87. The topological polar surface area (TPSA) is 93.9 Å². The van der Waals surface area contributed by atoms with Crippen LogP contribution >= 0.6 is 0 Å². The Kier molecular flexibility index (Phi) is 5.46. The van der Waals surface area contributed by atoms with Crippen molar-refractivity contribution in [2.75, 3.05) is 32.7 Å². The molecular weight excluding hydrogens is 259 g/mol. The van der Waals surface area contributed by atoms with Crippen LogP contribution in [0.25, 0.3) is 0 Å². The molecule has 0 bridgehead atoms. The molecular formula is C11H15FN2O5. The Morgan fingerprint density at radius 3 is 2.74 bits per heavy atom. The highest BCUT2D eigenvalue weighted by Crippen LogP contribution is 2.32. The van der Waals surface area contributed by atoms with E-state index in [0.29, 0.717) is 0 Å². The summed E-state index contributed by atoms with van der Waals surface area (Å²) in [5.74, 6) is -0.854. The Hall–Kier alpha value is -1.93. The van der Waals surface area contributed by atoms with E-state index in [1.54, 1.807) is 0 Å². The second-order valence-corrected chi connectivity index (χ2v) is 3.75. The number of anilines is 1. The van der Waals surface area contributed by atoms with Crippen molar-refractivity contribution in [2.45, 2.75) is 6.10 Å². The summed E-state index contributed by atoms with van der Waals surface area (Å²) >= 11 is 0. The number of benzene rings is 1. The van der Waals surface area contributed by atoms with Crippen LogP contribution in [0.3, 0.4) is 0 Å². The van der Waals surface area contributed by atoms with Gasteiger partial charge in [0, 0.05) is 19.7 Å². The number of hydrogen-bond donors (Lipinski definition) is 2. The van der Waals surface area contributed by atoms with E-state index < -0.39 is 22.5 Å². The van der Waals surface area contributed by atoms with Crippen LogP contribution in [0, 0.1) is 15.9 Å². The average molecular weight is 274 g/mol. The molecule has 0 aliphatic heterocycles. The molecule has 106 valence electrons. The summed E-state index contributed by atoms with van der Waals surface area (Å²) in [5, 5.41) is 22.7. The second-order valence-electron chi connectivity index (χ2n) is 3.75. The fourth-order valence-corrected chi connectivity index (χ4v) is 1.46. The Bertz CT molecular complexity index is 455. The first-order valence-corrected chi connectivity index (χ1v) is 5.42. The quantitative estimate of drug-likeness (QED) is 0.572. The fraction of sp³-hybridized carbons (Fsp3) is 0.455. The van der Waals surface area contributed by atoms with Crippen molar-refractivity contribution < 1.29 is 23.9 Å². The molecule has 19 heavy (non-hydrogen) atoms. The molecule has 0 radical (unpaired) electrons. The second kappa shape index (κ2) is 6.86. The molecule has 0 saturated carbocycles. The third-order valence-corrected chi connectivity index (χ3v) is 2.35. The normalized spacial score (nSPS) is 12.0. The fourth-order valence-electron chi connectivity index (χ4n) is 1.46. The molecule has 0 spiro atoms. The Morgan fingerprint density at radius 1 is 1.53 bits per heavy atom. The summed E-state index contributed by atoms with van der Waals surface area (Å²) in [4.78, 5) is 9.95. The molecule has 0 saturated heterocycles. The van der Waals surface area contributed by atoms with Gasteiger partial charge in [-0.05, 0) is 0 Å². The summed E-state index contributed by atoms with van der Waals surface area (Å²) in [6, 6.07) is 1.94. The van der Waals surface area contributed by atoms with Crippen molar-refractivity contribution in [1.82, 2.24) is 0 Å². The predicted octanol–water partition coefficient (Wildman–Crippen LogP) is 1.16. The van der Waals surface area contributed by atoms with Crippen LogP contribution in [0.15, 0.2) is 12.1 Å². The van der Waals surface area contributed by atoms with Gasteiger partial charge in [-0.3, -0.25) is 10.1 Å². The zero-order valence-corrected chi connectivity index (χ0v) is 10.6. The molecule has 2 N–H and O–H groups in total. The number of nitro benzene ring substituents is 1. The summed E-state index contributed by atoms with van der Waals surface area (Å²) < 4.78 is 23.2. The summed E-state index contributed by atoms with van der Waals surface area (Å²) in [7, 11) is 2.68. The van der Waals surface area contributed by atoms with E-state index in [1.807, 2.05) is 0 Å². The molecule has 0 aliphatic rings. The minimum absolute atomic E-state index is 0.0117. The van der Waals surface area contributed by atoms with Gasteiger partial charge in [0.15, 0.2) is 11.6 Å². The lowest BCUT2D eigenvalue weighted by Crippen LogP contribution is -2.24. The molecule has 1 rings (SSSR count). The highest BCUT2D eigenvalue weighted by molar-refractivity contribution is 5.59. The number of nitrogens with one attached hydrogen (secondary N) is 1. The van der Waals surface area contributed by atoms with Gasteiger partial charge in [-0.25, -0.2) is 4.39 Å². The van der Waals surface area contributed by atoms with Gasteiger partial charge in [0.05, 0.1) is 36.5 Å². The minimum Gasteiger partial charge on any atom is -0.490 e. The molecule has 1 atom stereocenters. The van der Waals surface area contributed by atoms with Crippen LogP contribution in [-0.2, 0) is 4.74 Å².